The van der Waals surface area contributed by atoms with Crippen molar-refractivity contribution in [2.45, 2.75) is 6.92 Å². The van der Waals surface area contributed by atoms with Gasteiger partial charge in [-0.05, 0) is 48.9 Å². The molecule has 0 saturated heterocycles. The van der Waals surface area contributed by atoms with Crippen LogP contribution in [0.25, 0.3) is 0 Å². The van der Waals surface area contributed by atoms with E-state index in [-0.39, 0.29) is 5.56 Å². The summed E-state index contributed by atoms with van der Waals surface area (Å²) in [7, 11) is 1.57. The van der Waals surface area contributed by atoms with Crippen molar-refractivity contribution in [1.29, 1.82) is 0 Å². The van der Waals surface area contributed by atoms with Crippen LogP contribution in [0.2, 0.25) is 5.02 Å². The normalized spacial score (nSPS) is 10.2. The van der Waals surface area contributed by atoms with E-state index in [2.05, 4.69) is 5.32 Å². The fraction of sp³-hybridized carbons (Fsp3) is 0.133. The Balaban J connectivity index is 2.23. The number of aryl methyl sites for hydroxylation is 1. The molecule has 2 aromatic rings. The largest absolute Gasteiger partial charge is 0.496 e. The van der Waals surface area contributed by atoms with Gasteiger partial charge in [0.2, 0.25) is 0 Å². The molecule has 0 atom stereocenters. The minimum absolute atomic E-state index is 0.0917. The average Bonchev–Trinajstić information content (AvgIpc) is 2.41. The second-order valence-electron chi connectivity index (χ2n) is 4.26. The number of hydrogen-bond donors (Lipinski definition) is 1. The van der Waals surface area contributed by atoms with Crippen LogP contribution in [0, 0.1) is 12.7 Å². The second-order valence-corrected chi connectivity index (χ2v) is 4.70. The molecule has 0 aromatic heterocycles. The highest BCUT2D eigenvalue weighted by Crippen LogP contribution is 2.22. The van der Waals surface area contributed by atoms with Crippen molar-refractivity contribution in [1.82, 2.24) is 0 Å². The summed E-state index contributed by atoms with van der Waals surface area (Å²) in [5.74, 6) is -0.441. The lowest BCUT2D eigenvalue weighted by molar-refractivity contribution is 0.102. The first kappa shape index (κ1) is 14.3. The van der Waals surface area contributed by atoms with Gasteiger partial charge in [0.25, 0.3) is 5.91 Å². The van der Waals surface area contributed by atoms with E-state index in [4.69, 9.17) is 16.3 Å². The minimum Gasteiger partial charge on any atom is -0.496 e. The maximum absolute atomic E-state index is 13.6. The number of carbonyl (C=O) groups excluding carboxylic acids is 1. The third-order valence-electron chi connectivity index (χ3n) is 2.83. The highest BCUT2D eigenvalue weighted by Gasteiger charge is 2.13. The Morgan fingerprint density at radius 3 is 2.65 bits per heavy atom. The zero-order valence-electron chi connectivity index (χ0n) is 11.0. The summed E-state index contributed by atoms with van der Waals surface area (Å²) in [5.41, 5.74) is 1.34. The number of methoxy groups -OCH3 is 1. The summed E-state index contributed by atoms with van der Waals surface area (Å²) in [6, 6.07) is 9.02. The predicted octanol–water partition coefficient (Wildman–Crippen LogP) is 4.05. The Morgan fingerprint density at radius 1 is 1.25 bits per heavy atom. The van der Waals surface area contributed by atoms with Crippen LogP contribution < -0.4 is 10.1 Å². The number of amides is 1. The number of carbonyl (C=O) groups is 1. The molecule has 0 bridgehead atoms. The lowest BCUT2D eigenvalue weighted by atomic mass is 10.1. The number of rotatable bonds is 3. The van der Waals surface area contributed by atoms with Crippen molar-refractivity contribution >= 4 is 23.2 Å². The molecule has 0 spiro atoms. The first-order chi connectivity index (χ1) is 9.51. The third kappa shape index (κ3) is 3.08. The topological polar surface area (TPSA) is 38.3 Å². The fourth-order valence-electron chi connectivity index (χ4n) is 1.83. The first-order valence-electron chi connectivity index (χ1n) is 5.92. The summed E-state index contributed by atoms with van der Waals surface area (Å²) in [5, 5.41) is 2.93. The van der Waals surface area contributed by atoms with Gasteiger partial charge in [-0.3, -0.25) is 4.79 Å². The van der Waals surface area contributed by atoms with Crippen molar-refractivity contribution in [2.75, 3.05) is 12.4 Å². The van der Waals surface area contributed by atoms with Gasteiger partial charge in [-0.15, -0.1) is 0 Å². The molecular formula is C15H13ClFNO2. The quantitative estimate of drug-likeness (QED) is 0.927. The predicted molar refractivity (Wildman–Crippen MR) is 77.1 cm³/mol. The Kier molecular flexibility index (Phi) is 4.25. The molecule has 0 aliphatic heterocycles. The molecule has 0 fully saturated rings. The van der Waals surface area contributed by atoms with E-state index in [1.54, 1.807) is 25.3 Å². The summed E-state index contributed by atoms with van der Waals surface area (Å²) in [6.07, 6.45) is 0. The standard InChI is InChI=1S/C15H13ClFNO2/c1-9-7-11(4-6-14(9)20-2)18-15(19)12-8-10(16)3-5-13(12)17/h3-8H,1-2H3,(H,18,19). The SMILES string of the molecule is COc1ccc(NC(=O)c2cc(Cl)ccc2F)cc1C. The molecule has 0 aliphatic carbocycles. The molecule has 2 rings (SSSR count). The zero-order chi connectivity index (χ0) is 14.7. The molecule has 3 nitrogen and oxygen atoms in total. The lowest BCUT2D eigenvalue weighted by Crippen LogP contribution is -2.13. The summed E-state index contributed by atoms with van der Waals surface area (Å²) < 4.78 is 18.7. The van der Waals surface area contributed by atoms with Crippen molar-refractivity contribution in [3.05, 3.63) is 58.4 Å². The van der Waals surface area contributed by atoms with Gasteiger partial charge in [-0.1, -0.05) is 11.6 Å². The van der Waals surface area contributed by atoms with Crippen LogP contribution in [0.15, 0.2) is 36.4 Å². The van der Waals surface area contributed by atoms with Crippen LogP contribution in [0.1, 0.15) is 15.9 Å². The van der Waals surface area contributed by atoms with Gasteiger partial charge in [0, 0.05) is 10.7 Å². The van der Waals surface area contributed by atoms with Crippen LogP contribution in [-0.2, 0) is 0 Å². The summed E-state index contributed by atoms with van der Waals surface area (Å²) >= 11 is 5.77. The average molecular weight is 294 g/mol. The van der Waals surface area contributed by atoms with Crippen LogP contribution >= 0.6 is 11.6 Å². The Morgan fingerprint density at radius 2 is 2.00 bits per heavy atom. The lowest BCUT2D eigenvalue weighted by Gasteiger charge is -2.09. The van der Waals surface area contributed by atoms with Crippen LogP contribution in [0.5, 0.6) is 5.75 Å². The van der Waals surface area contributed by atoms with Gasteiger partial charge in [-0.25, -0.2) is 4.39 Å². The number of benzene rings is 2. The number of hydrogen-bond acceptors (Lipinski definition) is 2. The summed E-state index contributed by atoms with van der Waals surface area (Å²) in [6.45, 7) is 1.86. The number of ether oxygens (including phenoxy) is 1. The van der Waals surface area contributed by atoms with Gasteiger partial charge in [0.05, 0.1) is 12.7 Å². The van der Waals surface area contributed by atoms with Crippen molar-refractivity contribution in [3.8, 4) is 5.75 Å². The van der Waals surface area contributed by atoms with Gasteiger partial charge in [-0.2, -0.15) is 0 Å². The molecule has 0 saturated carbocycles. The molecule has 5 heteroatoms. The highest BCUT2D eigenvalue weighted by atomic mass is 35.5. The number of halogens is 2. The molecule has 20 heavy (non-hydrogen) atoms. The van der Waals surface area contributed by atoms with Crippen LogP contribution in [0.3, 0.4) is 0 Å². The molecule has 104 valence electrons. The zero-order valence-corrected chi connectivity index (χ0v) is 11.8. The van der Waals surface area contributed by atoms with E-state index in [9.17, 15) is 9.18 Å². The van der Waals surface area contributed by atoms with Crippen LogP contribution in [-0.4, -0.2) is 13.0 Å². The van der Waals surface area contributed by atoms with E-state index >= 15 is 0 Å². The summed E-state index contributed by atoms with van der Waals surface area (Å²) in [4.78, 5) is 12.0. The Labute approximate surface area is 121 Å². The molecule has 0 radical (unpaired) electrons. The maximum Gasteiger partial charge on any atom is 0.258 e. The van der Waals surface area contributed by atoms with Gasteiger partial charge in [0.15, 0.2) is 0 Å². The van der Waals surface area contributed by atoms with Crippen molar-refractivity contribution in [3.63, 3.8) is 0 Å². The maximum atomic E-state index is 13.6. The van der Waals surface area contributed by atoms with E-state index in [0.29, 0.717) is 10.7 Å². The minimum atomic E-state index is -0.614. The molecular weight excluding hydrogens is 281 g/mol. The number of anilines is 1. The van der Waals surface area contributed by atoms with E-state index < -0.39 is 11.7 Å². The number of nitrogens with one attached hydrogen (secondary N) is 1. The highest BCUT2D eigenvalue weighted by molar-refractivity contribution is 6.31. The molecule has 1 amide bonds. The monoisotopic (exact) mass is 293 g/mol. The Bertz CT molecular complexity index is 658. The molecule has 1 N–H and O–H groups in total. The molecule has 0 aliphatic rings. The molecule has 2 aromatic carbocycles. The van der Waals surface area contributed by atoms with Gasteiger partial charge >= 0.3 is 0 Å². The Hall–Kier alpha value is -2.07. The van der Waals surface area contributed by atoms with Gasteiger partial charge < -0.3 is 10.1 Å². The van der Waals surface area contributed by atoms with Crippen LogP contribution in [0.4, 0.5) is 10.1 Å². The smallest absolute Gasteiger partial charge is 0.258 e. The van der Waals surface area contributed by atoms with E-state index in [1.807, 2.05) is 6.92 Å². The van der Waals surface area contributed by atoms with E-state index in [1.165, 1.54) is 12.1 Å². The first-order valence-corrected chi connectivity index (χ1v) is 6.30. The van der Waals surface area contributed by atoms with E-state index in [0.717, 1.165) is 17.4 Å². The van der Waals surface area contributed by atoms with Crippen molar-refractivity contribution in [2.24, 2.45) is 0 Å². The molecule has 0 unspecified atom stereocenters. The van der Waals surface area contributed by atoms with Gasteiger partial charge in [0.1, 0.15) is 11.6 Å². The second kappa shape index (κ2) is 5.92. The fourth-order valence-corrected chi connectivity index (χ4v) is 2.00. The van der Waals surface area contributed by atoms with Crippen molar-refractivity contribution < 1.29 is 13.9 Å². The molecule has 0 heterocycles. The third-order valence-corrected chi connectivity index (χ3v) is 3.06.